The Labute approximate surface area is 241 Å². The van der Waals surface area contributed by atoms with E-state index in [1.54, 1.807) is 39.0 Å². The van der Waals surface area contributed by atoms with Crippen molar-refractivity contribution in [3.05, 3.63) is 41.0 Å². The summed E-state index contributed by atoms with van der Waals surface area (Å²) in [4.78, 5) is 54.6. The van der Waals surface area contributed by atoms with Crippen LogP contribution in [0.25, 0.3) is 0 Å². The molecule has 1 aromatic carbocycles. The van der Waals surface area contributed by atoms with E-state index in [1.807, 2.05) is 4.90 Å². The number of benzene rings is 1. The number of hydrogen-bond acceptors (Lipinski definition) is 8. The zero-order valence-electron chi connectivity index (χ0n) is 24.2. The number of rotatable bonds is 13. The minimum absolute atomic E-state index is 0.0803. The second-order valence-electron chi connectivity index (χ2n) is 11.5. The SMILES string of the molecule is Cc1ccc(C[C@H](NC(=O)[C@H](C)NC(=O)CN2CCOCC2)C(=O)N[C@@H](CC2=CCCC2)C(=O)[C@@]2(C)CO2)cc1O. The summed E-state index contributed by atoms with van der Waals surface area (Å²) in [5.74, 6) is -1.47. The second-order valence-corrected chi connectivity index (χ2v) is 11.5. The fraction of sp³-hybridized carbons (Fsp3) is 0.600. The summed E-state index contributed by atoms with van der Waals surface area (Å²) in [6, 6.07) is 2.32. The largest absolute Gasteiger partial charge is 0.508 e. The molecule has 11 heteroatoms. The van der Waals surface area contributed by atoms with Crippen LogP contribution in [0.15, 0.2) is 29.8 Å². The number of hydrogen-bond donors (Lipinski definition) is 4. The van der Waals surface area contributed by atoms with Crippen LogP contribution in [-0.4, -0.2) is 96.7 Å². The Bertz CT molecular complexity index is 1170. The Hall–Kier alpha value is -3.28. The number of ether oxygens (including phenoxy) is 2. The molecule has 2 fully saturated rings. The summed E-state index contributed by atoms with van der Waals surface area (Å²) in [5.41, 5.74) is 1.52. The summed E-state index contributed by atoms with van der Waals surface area (Å²) < 4.78 is 10.7. The van der Waals surface area contributed by atoms with Crippen LogP contribution in [0.3, 0.4) is 0 Å². The van der Waals surface area contributed by atoms with Gasteiger partial charge in [-0.2, -0.15) is 0 Å². The lowest BCUT2D eigenvalue weighted by Gasteiger charge is -2.27. The maximum Gasteiger partial charge on any atom is 0.243 e. The molecule has 2 saturated heterocycles. The van der Waals surface area contributed by atoms with E-state index in [2.05, 4.69) is 22.0 Å². The highest BCUT2D eigenvalue weighted by atomic mass is 16.6. The van der Waals surface area contributed by atoms with Gasteiger partial charge in [-0.3, -0.25) is 24.1 Å². The second kappa shape index (κ2) is 13.6. The standard InChI is InChI=1S/C30H42N4O7/c1-19-8-9-22(16-25(19)35)15-24(33-28(38)20(2)31-26(36)17-34-10-12-40-13-11-34)29(39)32-23(14-21-6-4-5-7-21)27(37)30(3)18-41-30/h6,8-9,16,20,23-24,35H,4-5,7,10-15,17-18H2,1-3H3,(H,31,36)(H,32,39)(H,33,38)/t20-,23-,24-,30+/m0/s1. The molecule has 4 atom stereocenters. The lowest BCUT2D eigenvalue weighted by Crippen LogP contribution is -2.57. The summed E-state index contributed by atoms with van der Waals surface area (Å²) in [5, 5.41) is 18.6. The first-order valence-electron chi connectivity index (χ1n) is 14.4. The number of allylic oxidation sites excluding steroid dienone is 1. The number of carbonyl (C=O) groups is 4. The van der Waals surface area contributed by atoms with Crippen LogP contribution in [0.4, 0.5) is 0 Å². The molecule has 0 radical (unpaired) electrons. The lowest BCUT2D eigenvalue weighted by molar-refractivity contribution is -0.134. The van der Waals surface area contributed by atoms with E-state index >= 15 is 0 Å². The third kappa shape index (κ3) is 8.61. The monoisotopic (exact) mass is 570 g/mol. The first-order chi connectivity index (χ1) is 19.5. The van der Waals surface area contributed by atoms with Crippen molar-refractivity contribution < 1.29 is 33.8 Å². The van der Waals surface area contributed by atoms with Gasteiger partial charge in [-0.25, -0.2) is 0 Å². The van der Waals surface area contributed by atoms with E-state index in [0.29, 0.717) is 50.5 Å². The first-order valence-corrected chi connectivity index (χ1v) is 14.4. The highest BCUT2D eigenvalue weighted by Gasteiger charge is 2.50. The van der Waals surface area contributed by atoms with Gasteiger partial charge in [0, 0.05) is 19.5 Å². The number of phenolic OH excluding ortho intramolecular Hbond substituents is 1. The third-order valence-electron chi connectivity index (χ3n) is 7.92. The average Bonchev–Trinajstić information content (AvgIpc) is 3.48. The molecule has 4 rings (SSSR count). The van der Waals surface area contributed by atoms with Gasteiger partial charge in [-0.15, -0.1) is 0 Å². The zero-order valence-corrected chi connectivity index (χ0v) is 24.2. The highest BCUT2D eigenvalue weighted by molar-refractivity contribution is 5.98. The topological polar surface area (TPSA) is 150 Å². The van der Waals surface area contributed by atoms with Crippen molar-refractivity contribution in [3.63, 3.8) is 0 Å². The molecule has 0 unspecified atom stereocenters. The van der Waals surface area contributed by atoms with Crippen molar-refractivity contribution in [2.45, 2.75) is 76.6 Å². The lowest BCUT2D eigenvalue weighted by atomic mass is 9.94. The van der Waals surface area contributed by atoms with Crippen LogP contribution < -0.4 is 16.0 Å². The summed E-state index contributed by atoms with van der Waals surface area (Å²) in [7, 11) is 0. The fourth-order valence-corrected chi connectivity index (χ4v) is 5.12. The number of ketones is 1. The number of phenols is 1. The molecule has 224 valence electrons. The normalized spacial score (nSPS) is 22.7. The van der Waals surface area contributed by atoms with Crippen LogP contribution in [0.2, 0.25) is 0 Å². The number of carbonyl (C=O) groups excluding carboxylic acids is 4. The Balaban J connectivity index is 1.45. The van der Waals surface area contributed by atoms with Crippen molar-refractivity contribution >= 4 is 23.5 Å². The molecule has 0 aromatic heterocycles. The predicted octanol–water partition coefficient (Wildman–Crippen LogP) is 0.908. The van der Waals surface area contributed by atoms with Crippen LogP contribution in [-0.2, 0) is 35.1 Å². The van der Waals surface area contributed by atoms with E-state index < -0.39 is 35.5 Å². The number of epoxide rings is 1. The Morgan fingerprint density at radius 3 is 2.39 bits per heavy atom. The number of nitrogens with one attached hydrogen (secondary N) is 3. The molecule has 1 aromatic rings. The molecule has 3 aliphatic rings. The van der Waals surface area contributed by atoms with Gasteiger partial charge in [-0.1, -0.05) is 23.8 Å². The summed E-state index contributed by atoms with van der Waals surface area (Å²) in [6.45, 7) is 7.88. The predicted molar refractivity (Wildman–Crippen MR) is 151 cm³/mol. The molecule has 2 heterocycles. The maximum atomic E-state index is 13.7. The molecule has 4 N–H and O–H groups in total. The Kier molecular flexibility index (Phi) is 10.2. The summed E-state index contributed by atoms with van der Waals surface area (Å²) >= 11 is 0. The smallest absolute Gasteiger partial charge is 0.243 e. The van der Waals surface area contributed by atoms with Gasteiger partial charge in [0.1, 0.15) is 23.4 Å². The Morgan fingerprint density at radius 1 is 1.05 bits per heavy atom. The molecule has 0 bridgehead atoms. The van der Waals surface area contributed by atoms with Crippen molar-refractivity contribution in [2.24, 2.45) is 0 Å². The first kappa shape index (κ1) is 30.7. The van der Waals surface area contributed by atoms with E-state index in [9.17, 15) is 24.3 Å². The number of aromatic hydroxyl groups is 1. The number of morpholine rings is 1. The number of Topliss-reactive ketones (excluding diaryl/α,β-unsaturated/α-hetero) is 1. The molecule has 0 spiro atoms. The molecule has 3 amide bonds. The minimum Gasteiger partial charge on any atom is -0.508 e. The molecule has 1 aliphatic carbocycles. The number of aryl methyl sites for hydroxylation is 1. The molecular weight excluding hydrogens is 528 g/mol. The highest BCUT2D eigenvalue weighted by Crippen LogP contribution is 2.31. The zero-order chi connectivity index (χ0) is 29.6. The maximum absolute atomic E-state index is 13.7. The van der Waals surface area contributed by atoms with Crippen molar-refractivity contribution in [2.75, 3.05) is 39.5 Å². The summed E-state index contributed by atoms with van der Waals surface area (Å²) in [6.07, 6.45) is 5.42. The van der Waals surface area contributed by atoms with Gasteiger partial charge < -0.3 is 30.5 Å². The quantitative estimate of drug-likeness (QED) is 0.202. The average molecular weight is 571 g/mol. The van der Waals surface area contributed by atoms with Gasteiger partial charge in [0.05, 0.1) is 32.4 Å². The van der Waals surface area contributed by atoms with Crippen molar-refractivity contribution in [1.29, 1.82) is 0 Å². The number of amides is 3. The Morgan fingerprint density at radius 2 is 1.76 bits per heavy atom. The van der Waals surface area contributed by atoms with Gasteiger partial charge in [0.15, 0.2) is 5.78 Å². The van der Waals surface area contributed by atoms with Crippen molar-refractivity contribution in [1.82, 2.24) is 20.9 Å². The number of nitrogens with zero attached hydrogens (tertiary/aromatic N) is 1. The molecule has 0 saturated carbocycles. The van der Waals surface area contributed by atoms with Gasteiger partial charge in [0.2, 0.25) is 17.7 Å². The third-order valence-corrected chi connectivity index (χ3v) is 7.92. The minimum atomic E-state index is -1.05. The van der Waals surface area contributed by atoms with Crippen LogP contribution in [0, 0.1) is 6.92 Å². The van der Waals surface area contributed by atoms with Crippen LogP contribution in [0.1, 0.15) is 50.7 Å². The van der Waals surface area contributed by atoms with Crippen LogP contribution >= 0.6 is 0 Å². The molecule has 11 nitrogen and oxygen atoms in total. The fourth-order valence-electron chi connectivity index (χ4n) is 5.12. The van der Waals surface area contributed by atoms with E-state index in [0.717, 1.165) is 24.8 Å². The molecule has 2 aliphatic heterocycles. The molecule has 41 heavy (non-hydrogen) atoms. The van der Waals surface area contributed by atoms with E-state index in [1.165, 1.54) is 0 Å². The van der Waals surface area contributed by atoms with E-state index in [4.69, 9.17) is 9.47 Å². The molecular formula is C30H42N4O7. The van der Waals surface area contributed by atoms with E-state index in [-0.39, 0.29) is 30.4 Å². The van der Waals surface area contributed by atoms with Gasteiger partial charge in [-0.05, 0) is 63.6 Å². The van der Waals surface area contributed by atoms with Crippen LogP contribution in [0.5, 0.6) is 5.75 Å². The van der Waals surface area contributed by atoms with Crippen molar-refractivity contribution in [3.8, 4) is 5.75 Å². The van der Waals surface area contributed by atoms with Gasteiger partial charge >= 0.3 is 0 Å². The van der Waals surface area contributed by atoms with Gasteiger partial charge in [0.25, 0.3) is 0 Å².